The minimum Gasteiger partial charge on any atom is -0.368 e. The molecule has 1 fully saturated rings. The third-order valence-electron chi connectivity index (χ3n) is 2.78. The maximum Gasteiger partial charge on any atom is 0.243 e. The van der Waals surface area contributed by atoms with Crippen molar-refractivity contribution in [3.63, 3.8) is 0 Å². The summed E-state index contributed by atoms with van der Waals surface area (Å²) in [6.45, 7) is 1.64. The van der Waals surface area contributed by atoms with Crippen molar-refractivity contribution >= 4 is 17.7 Å². The second-order valence-electron chi connectivity index (χ2n) is 4.39. The molecule has 0 bridgehead atoms. The van der Waals surface area contributed by atoms with Crippen molar-refractivity contribution in [2.45, 2.75) is 38.3 Å². The molecule has 1 aliphatic heterocycles. The van der Waals surface area contributed by atoms with Crippen LogP contribution in [0.15, 0.2) is 0 Å². The molecule has 7 nitrogen and oxygen atoms in total. The van der Waals surface area contributed by atoms with Gasteiger partial charge in [0.1, 0.15) is 12.1 Å². The zero-order valence-electron chi connectivity index (χ0n) is 10.1. The van der Waals surface area contributed by atoms with Gasteiger partial charge in [-0.2, -0.15) is 5.26 Å². The van der Waals surface area contributed by atoms with Crippen molar-refractivity contribution in [1.82, 2.24) is 10.6 Å². The highest BCUT2D eigenvalue weighted by atomic mass is 16.2. The van der Waals surface area contributed by atoms with Gasteiger partial charge in [-0.1, -0.05) is 0 Å². The number of amides is 3. The number of rotatable bonds is 5. The summed E-state index contributed by atoms with van der Waals surface area (Å²) < 4.78 is 0. The minimum absolute atomic E-state index is 0.165. The SMILES string of the molecule is C[C@@H](C#N)C[C@H](NC(=O)[C@H]1CCC(=O)N1)C(N)=O. The van der Waals surface area contributed by atoms with Crippen molar-refractivity contribution in [1.29, 1.82) is 5.26 Å². The quantitative estimate of drug-likeness (QED) is 0.567. The van der Waals surface area contributed by atoms with Gasteiger partial charge in [-0.15, -0.1) is 0 Å². The first-order chi connectivity index (χ1) is 8.43. The lowest BCUT2D eigenvalue weighted by Gasteiger charge is -2.18. The Morgan fingerprint density at radius 2 is 2.33 bits per heavy atom. The van der Waals surface area contributed by atoms with Gasteiger partial charge in [-0.25, -0.2) is 0 Å². The second kappa shape index (κ2) is 6.00. The molecule has 1 rings (SSSR count). The average molecular weight is 252 g/mol. The molecule has 4 N–H and O–H groups in total. The molecule has 18 heavy (non-hydrogen) atoms. The van der Waals surface area contributed by atoms with E-state index in [1.54, 1.807) is 6.92 Å². The summed E-state index contributed by atoms with van der Waals surface area (Å²) in [4.78, 5) is 33.9. The standard InChI is InChI=1S/C11H16N4O3/c1-6(5-12)4-8(10(13)17)15-11(18)7-2-3-9(16)14-7/h6-8H,2-4H2,1H3,(H2,13,17)(H,14,16)(H,15,18)/t6-,7-,8+/m1/s1. The molecule has 0 saturated carbocycles. The Morgan fingerprint density at radius 3 is 2.78 bits per heavy atom. The number of primary amides is 1. The third kappa shape index (κ3) is 3.73. The molecule has 3 atom stereocenters. The fraction of sp³-hybridized carbons (Fsp3) is 0.636. The summed E-state index contributed by atoms with van der Waals surface area (Å²) in [6, 6.07) is 0.473. The average Bonchev–Trinajstić information content (AvgIpc) is 2.74. The summed E-state index contributed by atoms with van der Waals surface area (Å²) in [5.41, 5.74) is 5.16. The molecule has 0 radical (unpaired) electrons. The van der Waals surface area contributed by atoms with Gasteiger partial charge < -0.3 is 16.4 Å². The van der Waals surface area contributed by atoms with Crippen molar-refractivity contribution < 1.29 is 14.4 Å². The maximum absolute atomic E-state index is 11.8. The lowest BCUT2D eigenvalue weighted by atomic mass is 10.0. The van der Waals surface area contributed by atoms with Gasteiger partial charge in [0.2, 0.25) is 17.7 Å². The number of nitrogens with two attached hydrogens (primary N) is 1. The Balaban J connectivity index is 2.56. The molecule has 0 aromatic carbocycles. The molecule has 0 unspecified atom stereocenters. The van der Waals surface area contributed by atoms with Crippen LogP contribution in [0, 0.1) is 17.2 Å². The van der Waals surface area contributed by atoms with E-state index >= 15 is 0 Å². The summed E-state index contributed by atoms with van der Waals surface area (Å²) in [5.74, 6) is -1.69. The normalized spacial score (nSPS) is 21.6. The zero-order chi connectivity index (χ0) is 13.7. The predicted molar refractivity (Wildman–Crippen MR) is 61.7 cm³/mol. The Morgan fingerprint density at radius 1 is 1.67 bits per heavy atom. The van der Waals surface area contributed by atoms with Gasteiger partial charge in [0.25, 0.3) is 0 Å². The van der Waals surface area contributed by atoms with E-state index in [1.807, 2.05) is 6.07 Å². The number of nitrogens with one attached hydrogen (secondary N) is 2. The fourth-order valence-corrected chi connectivity index (χ4v) is 1.74. The minimum atomic E-state index is -0.885. The van der Waals surface area contributed by atoms with E-state index in [0.29, 0.717) is 12.8 Å². The molecular weight excluding hydrogens is 236 g/mol. The number of carbonyl (C=O) groups is 3. The van der Waals surface area contributed by atoms with Crippen LogP contribution in [0.25, 0.3) is 0 Å². The smallest absolute Gasteiger partial charge is 0.243 e. The van der Waals surface area contributed by atoms with Gasteiger partial charge in [-0.05, 0) is 19.8 Å². The van der Waals surface area contributed by atoms with Crippen LogP contribution >= 0.6 is 0 Å². The molecule has 0 aliphatic carbocycles. The molecule has 0 spiro atoms. The van der Waals surface area contributed by atoms with Crippen LogP contribution in [-0.4, -0.2) is 29.8 Å². The van der Waals surface area contributed by atoms with Crippen LogP contribution in [0.4, 0.5) is 0 Å². The van der Waals surface area contributed by atoms with Crippen LogP contribution in [0.3, 0.4) is 0 Å². The molecule has 1 aliphatic rings. The first kappa shape index (κ1) is 14.0. The Kier molecular flexibility index (Phi) is 4.66. The van der Waals surface area contributed by atoms with E-state index in [4.69, 9.17) is 11.0 Å². The fourth-order valence-electron chi connectivity index (χ4n) is 1.74. The van der Waals surface area contributed by atoms with Crippen molar-refractivity contribution in [2.75, 3.05) is 0 Å². The molecule has 98 valence electrons. The van der Waals surface area contributed by atoms with Crippen LogP contribution in [-0.2, 0) is 14.4 Å². The molecule has 3 amide bonds. The number of nitrogens with zero attached hydrogens (tertiary/aromatic N) is 1. The topological polar surface area (TPSA) is 125 Å². The van der Waals surface area contributed by atoms with E-state index < -0.39 is 23.9 Å². The lowest BCUT2D eigenvalue weighted by molar-refractivity contribution is -0.129. The first-order valence-electron chi connectivity index (χ1n) is 5.72. The summed E-state index contributed by atoms with van der Waals surface area (Å²) >= 11 is 0. The highest BCUT2D eigenvalue weighted by Gasteiger charge is 2.30. The third-order valence-corrected chi connectivity index (χ3v) is 2.78. The Bertz CT molecular complexity index is 402. The van der Waals surface area contributed by atoms with Gasteiger partial charge in [0.05, 0.1) is 6.07 Å². The van der Waals surface area contributed by atoms with E-state index in [9.17, 15) is 14.4 Å². The summed E-state index contributed by atoms with van der Waals surface area (Å²) in [5, 5.41) is 13.6. The van der Waals surface area contributed by atoms with Gasteiger partial charge in [0, 0.05) is 12.3 Å². The van der Waals surface area contributed by atoms with Gasteiger partial charge in [-0.3, -0.25) is 14.4 Å². The zero-order valence-corrected chi connectivity index (χ0v) is 10.1. The number of hydrogen-bond donors (Lipinski definition) is 3. The van der Waals surface area contributed by atoms with Gasteiger partial charge in [0.15, 0.2) is 0 Å². The molecule has 0 aromatic heterocycles. The van der Waals surface area contributed by atoms with Crippen LogP contribution in [0.5, 0.6) is 0 Å². The Hall–Kier alpha value is -2.10. The van der Waals surface area contributed by atoms with Crippen molar-refractivity contribution in [2.24, 2.45) is 11.7 Å². The number of carbonyl (C=O) groups excluding carboxylic acids is 3. The molecule has 1 saturated heterocycles. The van der Waals surface area contributed by atoms with Crippen molar-refractivity contribution in [3.8, 4) is 6.07 Å². The van der Waals surface area contributed by atoms with Gasteiger partial charge >= 0.3 is 0 Å². The second-order valence-corrected chi connectivity index (χ2v) is 4.39. The van der Waals surface area contributed by atoms with E-state index in [2.05, 4.69) is 10.6 Å². The van der Waals surface area contributed by atoms with Crippen LogP contribution in [0.2, 0.25) is 0 Å². The predicted octanol–water partition coefficient (Wildman–Crippen LogP) is -1.22. The van der Waals surface area contributed by atoms with E-state index in [-0.39, 0.29) is 18.2 Å². The molecule has 7 heteroatoms. The lowest BCUT2D eigenvalue weighted by Crippen LogP contribution is -2.51. The maximum atomic E-state index is 11.8. The highest BCUT2D eigenvalue weighted by molar-refractivity contribution is 5.93. The van der Waals surface area contributed by atoms with Crippen molar-refractivity contribution in [3.05, 3.63) is 0 Å². The summed E-state index contributed by atoms with van der Waals surface area (Å²) in [6.07, 6.45) is 0.871. The Labute approximate surface area is 105 Å². The summed E-state index contributed by atoms with van der Waals surface area (Å²) in [7, 11) is 0. The van der Waals surface area contributed by atoms with Crippen LogP contribution in [0.1, 0.15) is 26.2 Å². The molecule has 0 aromatic rings. The molecule has 1 heterocycles. The highest BCUT2D eigenvalue weighted by Crippen LogP contribution is 2.09. The first-order valence-corrected chi connectivity index (χ1v) is 5.72. The molecular formula is C11H16N4O3. The monoisotopic (exact) mass is 252 g/mol. The van der Waals surface area contributed by atoms with E-state index in [0.717, 1.165) is 0 Å². The van der Waals surface area contributed by atoms with E-state index in [1.165, 1.54) is 0 Å². The number of nitriles is 1. The van der Waals surface area contributed by atoms with Crippen LogP contribution < -0.4 is 16.4 Å². The largest absolute Gasteiger partial charge is 0.368 e. The number of hydrogen-bond acceptors (Lipinski definition) is 4.